The Labute approximate surface area is 202 Å². The van der Waals surface area contributed by atoms with Gasteiger partial charge in [0.15, 0.2) is 10.8 Å². The van der Waals surface area contributed by atoms with E-state index in [0.29, 0.717) is 32.9 Å². The minimum Gasteiger partial charge on any atom is -0.374 e. The Balaban J connectivity index is 1.50. The first-order valence-corrected chi connectivity index (χ1v) is 11.7. The summed E-state index contributed by atoms with van der Waals surface area (Å²) < 4.78 is 3.27. The summed E-state index contributed by atoms with van der Waals surface area (Å²) in [5, 5.41) is 18.1. The first-order chi connectivity index (χ1) is 17.0. The molecule has 0 fully saturated rings. The molecular weight excluding hydrogens is 464 g/mol. The first kappa shape index (κ1) is 21.0. The van der Waals surface area contributed by atoms with Gasteiger partial charge in [-0.3, -0.25) is 9.36 Å². The molecule has 0 aliphatic rings. The molecule has 11 nitrogen and oxygen atoms in total. The number of fused-ring (bicyclic) bond motifs is 2. The van der Waals surface area contributed by atoms with Gasteiger partial charge < -0.3 is 16.0 Å². The highest BCUT2D eigenvalue weighted by Crippen LogP contribution is 2.35. The van der Waals surface area contributed by atoms with E-state index in [1.165, 1.54) is 17.7 Å². The van der Waals surface area contributed by atoms with Crippen molar-refractivity contribution < 1.29 is 0 Å². The van der Waals surface area contributed by atoms with Gasteiger partial charge in [-0.2, -0.15) is 5.10 Å². The summed E-state index contributed by atoms with van der Waals surface area (Å²) in [4.78, 5) is 25.6. The number of nitrogens with one attached hydrogen (secondary N) is 2. The molecule has 0 saturated carbocycles. The van der Waals surface area contributed by atoms with E-state index in [0.717, 1.165) is 22.2 Å². The normalized spacial score (nSPS) is 12.4. The van der Waals surface area contributed by atoms with Crippen molar-refractivity contribution in [3.8, 4) is 16.3 Å². The predicted molar refractivity (Wildman–Crippen MR) is 135 cm³/mol. The molecule has 1 aromatic carbocycles. The smallest absolute Gasteiger partial charge is 0.282 e. The van der Waals surface area contributed by atoms with Crippen molar-refractivity contribution in [2.24, 2.45) is 0 Å². The summed E-state index contributed by atoms with van der Waals surface area (Å²) in [7, 11) is 0. The molecule has 5 heterocycles. The monoisotopic (exact) mass is 484 g/mol. The summed E-state index contributed by atoms with van der Waals surface area (Å²) >= 11 is 1.28. The molecule has 0 spiro atoms. The molecule has 0 amide bonds. The van der Waals surface area contributed by atoms with Gasteiger partial charge in [0.05, 0.1) is 17.1 Å². The van der Waals surface area contributed by atoms with Crippen molar-refractivity contribution in [1.29, 1.82) is 0 Å². The van der Waals surface area contributed by atoms with Crippen LogP contribution in [0.5, 0.6) is 0 Å². The average Bonchev–Trinajstić information content (AvgIpc) is 3.58. The summed E-state index contributed by atoms with van der Waals surface area (Å²) in [6.45, 7) is 3.84. The third kappa shape index (κ3) is 3.42. The van der Waals surface area contributed by atoms with E-state index in [1.807, 2.05) is 56.4 Å². The number of hydrogen-bond acceptors (Lipinski definition) is 9. The Hall–Kier alpha value is -4.58. The van der Waals surface area contributed by atoms with E-state index in [2.05, 4.69) is 30.5 Å². The van der Waals surface area contributed by atoms with E-state index in [1.54, 1.807) is 15.3 Å². The molecule has 0 bridgehead atoms. The van der Waals surface area contributed by atoms with Gasteiger partial charge in [-0.05, 0) is 37.6 Å². The van der Waals surface area contributed by atoms with Crippen molar-refractivity contribution in [3.63, 3.8) is 0 Å². The molecule has 35 heavy (non-hydrogen) atoms. The second-order valence-corrected chi connectivity index (χ2v) is 9.10. The number of nitrogens with two attached hydrogens (primary N) is 1. The molecular formula is C23H20N10OS. The Morgan fingerprint density at radius 3 is 2.74 bits per heavy atom. The first-order valence-electron chi connectivity index (χ1n) is 10.9. The highest BCUT2D eigenvalue weighted by molar-refractivity contribution is 7.18. The Bertz CT molecular complexity index is 1750. The highest BCUT2D eigenvalue weighted by atomic mass is 32.1. The number of aromatic amines is 1. The van der Waals surface area contributed by atoms with Crippen LogP contribution in [0.15, 0.2) is 59.9 Å². The van der Waals surface area contributed by atoms with Crippen LogP contribution in [-0.2, 0) is 0 Å². The lowest BCUT2D eigenvalue weighted by atomic mass is 10.2. The Morgan fingerprint density at radius 1 is 1.14 bits per heavy atom. The maximum Gasteiger partial charge on any atom is 0.282 e. The molecule has 6 aromatic rings. The number of para-hydroxylation sites is 1. The van der Waals surface area contributed by atoms with Crippen LogP contribution in [-0.4, -0.2) is 39.3 Å². The highest BCUT2D eigenvalue weighted by Gasteiger charge is 2.22. The van der Waals surface area contributed by atoms with Crippen molar-refractivity contribution in [2.45, 2.75) is 19.9 Å². The number of aryl methyl sites for hydroxylation is 1. The number of rotatable bonds is 5. The number of nitrogens with zero attached hydrogens (tertiary/aromatic N) is 7. The van der Waals surface area contributed by atoms with Crippen LogP contribution in [0, 0.1) is 6.92 Å². The van der Waals surface area contributed by atoms with Gasteiger partial charge in [0.25, 0.3) is 5.56 Å². The number of aromatic nitrogens is 8. The van der Waals surface area contributed by atoms with Crippen molar-refractivity contribution >= 4 is 38.8 Å². The maximum atomic E-state index is 13.6. The van der Waals surface area contributed by atoms with Gasteiger partial charge in [0.1, 0.15) is 23.3 Å². The topological polar surface area (TPSA) is 145 Å². The van der Waals surface area contributed by atoms with Crippen LogP contribution in [0.3, 0.4) is 0 Å². The van der Waals surface area contributed by atoms with Crippen LogP contribution in [0.4, 0.5) is 10.9 Å². The fourth-order valence-electron chi connectivity index (χ4n) is 4.19. The number of anilines is 2. The zero-order chi connectivity index (χ0) is 24.1. The van der Waals surface area contributed by atoms with Crippen LogP contribution in [0.25, 0.3) is 32.8 Å². The number of benzene rings is 1. The van der Waals surface area contributed by atoms with Gasteiger partial charge in [0.2, 0.25) is 5.13 Å². The van der Waals surface area contributed by atoms with E-state index < -0.39 is 6.04 Å². The lowest BCUT2D eigenvalue weighted by molar-refractivity contribution is 0.673. The van der Waals surface area contributed by atoms with Crippen molar-refractivity contribution in [1.82, 2.24) is 39.3 Å². The number of nitrogen functional groups attached to an aromatic ring is 1. The average molecular weight is 485 g/mol. The van der Waals surface area contributed by atoms with E-state index >= 15 is 0 Å². The molecule has 6 rings (SSSR count). The molecule has 0 radical (unpaired) electrons. The second kappa shape index (κ2) is 8.02. The zero-order valence-corrected chi connectivity index (χ0v) is 19.6. The molecule has 0 aliphatic heterocycles. The molecule has 174 valence electrons. The molecule has 1 unspecified atom stereocenters. The van der Waals surface area contributed by atoms with Crippen LogP contribution < -0.4 is 16.6 Å². The number of H-pyrrole nitrogens is 1. The van der Waals surface area contributed by atoms with Crippen LogP contribution >= 0.6 is 11.3 Å². The van der Waals surface area contributed by atoms with Gasteiger partial charge in [-0.15, -0.1) is 10.2 Å². The Kier molecular flexibility index (Phi) is 4.81. The third-order valence-corrected chi connectivity index (χ3v) is 6.59. The number of hydrogen-bond donors (Lipinski definition) is 3. The van der Waals surface area contributed by atoms with Crippen molar-refractivity contribution in [2.75, 3.05) is 11.1 Å². The maximum absolute atomic E-state index is 13.6. The third-order valence-electron chi connectivity index (χ3n) is 5.81. The van der Waals surface area contributed by atoms with Gasteiger partial charge >= 0.3 is 0 Å². The molecule has 5 aromatic heterocycles. The standard InChI is InChI=1S/C23H20N10OS/c1-12-8-9-32-17(12)22(34)33(14-6-4-3-5-7-14)20(31-32)13(2)28-19-16-15(21-29-30-23(24)35-21)10-25-18(16)26-11-27-19/h3-11,13H,1-2H3,(H2,24,30)(H2,25,26,27,28). The van der Waals surface area contributed by atoms with E-state index in [9.17, 15) is 4.79 Å². The SMILES string of the molecule is Cc1ccn2nc(C(C)Nc3ncnc4[nH]cc(-c5nnc(N)s5)c34)n(-c3ccccc3)c(=O)c12. The van der Waals surface area contributed by atoms with Gasteiger partial charge in [-0.25, -0.2) is 14.5 Å². The predicted octanol–water partition coefficient (Wildman–Crippen LogP) is 3.34. The van der Waals surface area contributed by atoms with Crippen LogP contribution in [0.2, 0.25) is 0 Å². The van der Waals surface area contributed by atoms with Crippen LogP contribution in [0.1, 0.15) is 24.4 Å². The minimum atomic E-state index is -0.393. The van der Waals surface area contributed by atoms with Crippen molar-refractivity contribution in [3.05, 3.63) is 76.9 Å². The summed E-state index contributed by atoms with van der Waals surface area (Å²) in [5.74, 6) is 1.11. The molecule has 1 atom stereocenters. The lowest BCUT2D eigenvalue weighted by Gasteiger charge is -2.20. The fraction of sp³-hybridized carbons (Fsp3) is 0.130. The summed E-state index contributed by atoms with van der Waals surface area (Å²) in [5.41, 5.74) is 9.22. The van der Waals surface area contributed by atoms with E-state index in [4.69, 9.17) is 10.8 Å². The fourth-order valence-corrected chi connectivity index (χ4v) is 4.82. The summed E-state index contributed by atoms with van der Waals surface area (Å²) in [6.07, 6.45) is 5.08. The van der Waals surface area contributed by atoms with Gasteiger partial charge in [-0.1, -0.05) is 29.5 Å². The molecule has 4 N–H and O–H groups in total. The second-order valence-electron chi connectivity index (χ2n) is 8.09. The largest absolute Gasteiger partial charge is 0.374 e. The molecule has 0 saturated heterocycles. The van der Waals surface area contributed by atoms with Gasteiger partial charge in [0, 0.05) is 18.0 Å². The lowest BCUT2D eigenvalue weighted by Crippen LogP contribution is -2.29. The molecule has 12 heteroatoms. The van der Waals surface area contributed by atoms with E-state index in [-0.39, 0.29) is 5.56 Å². The molecule has 0 aliphatic carbocycles. The quantitative estimate of drug-likeness (QED) is 0.338. The summed E-state index contributed by atoms with van der Waals surface area (Å²) in [6, 6.07) is 11.0. The Morgan fingerprint density at radius 2 is 1.97 bits per heavy atom. The minimum absolute atomic E-state index is 0.142. The zero-order valence-electron chi connectivity index (χ0n) is 18.8.